The molecule has 2 N–H and O–H groups in total. The molecule has 3 aromatic rings. The van der Waals surface area contributed by atoms with Crippen LogP contribution in [0, 0.1) is 0 Å². The van der Waals surface area contributed by atoms with Gasteiger partial charge < -0.3 is 5.73 Å². The molecule has 2 heterocycles. The molecule has 25 heavy (non-hydrogen) atoms. The van der Waals surface area contributed by atoms with Gasteiger partial charge >= 0.3 is 12.4 Å². The Labute approximate surface area is 136 Å². The van der Waals surface area contributed by atoms with Crippen LogP contribution in [0.3, 0.4) is 0 Å². The second-order valence-electron chi connectivity index (χ2n) is 5.19. The van der Waals surface area contributed by atoms with E-state index in [9.17, 15) is 26.3 Å². The number of fused-ring (bicyclic) bond motifs is 1. The Bertz CT molecular complexity index is 909. The van der Waals surface area contributed by atoms with Crippen LogP contribution in [0.1, 0.15) is 17.0 Å². The molecule has 0 radical (unpaired) electrons. The molecule has 0 aliphatic heterocycles. The molecule has 0 atom stereocenters. The van der Waals surface area contributed by atoms with Crippen molar-refractivity contribution < 1.29 is 26.3 Å². The highest BCUT2D eigenvalue weighted by Crippen LogP contribution is 2.34. The van der Waals surface area contributed by atoms with Gasteiger partial charge in [0.2, 0.25) is 0 Å². The molecule has 0 aliphatic rings. The molecular formula is C15H10F6N4. The summed E-state index contributed by atoms with van der Waals surface area (Å²) < 4.78 is 78.0. The zero-order valence-corrected chi connectivity index (χ0v) is 12.4. The number of hydrogen-bond donors (Lipinski definition) is 1. The van der Waals surface area contributed by atoms with Crippen LogP contribution >= 0.6 is 0 Å². The molecule has 10 heteroatoms. The molecular weight excluding hydrogens is 350 g/mol. The first-order valence-electron chi connectivity index (χ1n) is 6.93. The third kappa shape index (κ3) is 3.16. The number of nitrogens with two attached hydrogens (primary N) is 1. The van der Waals surface area contributed by atoms with Gasteiger partial charge in [0, 0.05) is 18.3 Å². The van der Waals surface area contributed by atoms with Crippen LogP contribution < -0.4 is 5.73 Å². The molecule has 2 aromatic heterocycles. The highest BCUT2D eigenvalue weighted by molar-refractivity contribution is 5.74. The second-order valence-corrected chi connectivity index (χ2v) is 5.19. The molecule has 0 bridgehead atoms. The lowest BCUT2D eigenvalue weighted by Crippen LogP contribution is -2.11. The standard InChI is InChI=1S/C15H10F6N4/c16-14(17,18)9-3-1-8(2-4-9)12-13-23-6-11(15(19,20)21)25(13)7-10(5-22)24-12/h1-4,6-7H,5,22H2. The predicted molar refractivity (Wildman–Crippen MR) is 76.3 cm³/mol. The van der Waals surface area contributed by atoms with Crippen LogP contribution in [0.4, 0.5) is 26.3 Å². The lowest BCUT2D eigenvalue weighted by Gasteiger charge is -2.11. The summed E-state index contributed by atoms with van der Waals surface area (Å²) >= 11 is 0. The van der Waals surface area contributed by atoms with Gasteiger partial charge in [-0.05, 0) is 12.1 Å². The lowest BCUT2D eigenvalue weighted by atomic mass is 10.1. The largest absolute Gasteiger partial charge is 0.433 e. The second kappa shape index (κ2) is 5.73. The number of halogens is 6. The van der Waals surface area contributed by atoms with Crippen molar-refractivity contribution in [2.24, 2.45) is 5.73 Å². The fraction of sp³-hybridized carbons (Fsp3) is 0.200. The Balaban J connectivity index is 2.20. The molecule has 1 aromatic carbocycles. The number of alkyl halides is 6. The zero-order chi connectivity index (χ0) is 18.4. The first-order valence-corrected chi connectivity index (χ1v) is 6.93. The maximum atomic E-state index is 13.1. The van der Waals surface area contributed by atoms with Crippen molar-refractivity contribution in [2.75, 3.05) is 0 Å². The number of rotatable bonds is 2. The molecule has 0 amide bonds. The average Bonchev–Trinajstić information content (AvgIpc) is 2.97. The summed E-state index contributed by atoms with van der Waals surface area (Å²) in [5.74, 6) is 0. The van der Waals surface area contributed by atoms with Crippen LogP contribution in [0.25, 0.3) is 16.9 Å². The van der Waals surface area contributed by atoms with Crippen LogP contribution in [0.15, 0.2) is 36.7 Å². The third-order valence-electron chi connectivity index (χ3n) is 3.53. The first kappa shape index (κ1) is 17.2. The minimum absolute atomic E-state index is 0.0205. The summed E-state index contributed by atoms with van der Waals surface area (Å²) in [6, 6.07) is 3.92. The SMILES string of the molecule is NCc1cn2c(C(F)(F)F)cnc2c(-c2ccc(C(F)(F)F)cc2)n1. The molecule has 0 aliphatic carbocycles. The molecule has 132 valence electrons. The minimum atomic E-state index is -4.65. The van der Waals surface area contributed by atoms with Crippen molar-refractivity contribution >= 4 is 5.65 Å². The van der Waals surface area contributed by atoms with E-state index in [0.29, 0.717) is 6.20 Å². The summed E-state index contributed by atoms with van der Waals surface area (Å²) in [5.41, 5.74) is 3.82. The normalized spacial score (nSPS) is 12.8. The van der Waals surface area contributed by atoms with Crippen molar-refractivity contribution in [1.82, 2.24) is 14.4 Å². The first-order chi connectivity index (χ1) is 11.6. The van der Waals surface area contributed by atoms with Gasteiger partial charge in [-0.15, -0.1) is 0 Å². The fourth-order valence-corrected chi connectivity index (χ4v) is 2.36. The van der Waals surface area contributed by atoms with Gasteiger partial charge in [0.25, 0.3) is 0 Å². The van der Waals surface area contributed by atoms with E-state index in [4.69, 9.17) is 5.73 Å². The Morgan fingerprint density at radius 1 is 0.960 bits per heavy atom. The molecule has 4 nitrogen and oxygen atoms in total. The fourth-order valence-electron chi connectivity index (χ4n) is 2.36. The number of benzene rings is 1. The van der Waals surface area contributed by atoms with Gasteiger partial charge in [0.05, 0.1) is 17.5 Å². The molecule has 0 saturated carbocycles. The average molecular weight is 360 g/mol. The molecule has 3 rings (SSSR count). The Kier molecular flexibility index (Phi) is 3.94. The van der Waals surface area contributed by atoms with E-state index < -0.39 is 23.6 Å². The minimum Gasteiger partial charge on any atom is -0.325 e. The number of aromatic nitrogens is 3. The smallest absolute Gasteiger partial charge is 0.325 e. The Morgan fingerprint density at radius 3 is 2.12 bits per heavy atom. The van der Waals surface area contributed by atoms with E-state index in [-0.39, 0.29) is 29.1 Å². The summed E-state index contributed by atoms with van der Waals surface area (Å²) in [6.07, 6.45) is -7.41. The highest BCUT2D eigenvalue weighted by atomic mass is 19.4. The van der Waals surface area contributed by atoms with E-state index >= 15 is 0 Å². The highest BCUT2D eigenvalue weighted by Gasteiger charge is 2.35. The lowest BCUT2D eigenvalue weighted by molar-refractivity contribution is -0.141. The summed E-state index contributed by atoms with van der Waals surface area (Å²) in [6.45, 7) is -0.140. The number of imidazole rings is 1. The maximum Gasteiger partial charge on any atom is 0.433 e. The summed E-state index contributed by atoms with van der Waals surface area (Å²) in [4.78, 5) is 7.85. The topological polar surface area (TPSA) is 56.2 Å². The van der Waals surface area contributed by atoms with Crippen molar-refractivity contribution in [3.8, 4) is 11.3 Å². The van der Waals surface area contributed by atoms with Crippen LogP contribution in [0.2, 0.25) is 0 Å². The molecule has 0 spiro atoms. The van der Waals surface area contributed by atoms with E-state index in [1.165, 1.54) is 0 Å². The molecule has 0 fully saturated rings. The van der Waals surface area contributed by atoms with Crippen molar-refractivity contribution in [2.45, 2.75) is 18.9 Å². The van der Waals surface area contributed by atoms with E-state index in [1.54, 1.807) is 0 Å². The van der Waals surface area contributed by atoms with E-state index in [2.05, 4.69) is 9.97 Å². The van der Waals surface area contributed by atoms with Gasteiger partial charge in [-0.3, -0.25) is 4.40 Å². The Hall–Kier alpha value is -2.62. The number of hydrogen-bond acceptors (Lipinski definition) is 3. The van der Waals surface area contributed by atoms with Crippen molar-refractivity contribution in [1.29, 1.82) is 0 Å². The third-order valence-corrected chi connectivity index (χ3v) is 3.53. The van der Waals surface area contributed by atoms with Gasteiger partial charge in [-0.2, -0.15) is 26.3 Å². The monoisotopic (exact) mass is 360 g/mol. The van der Waals surface area contributed by atoms with Gasteiger partial charge in [-0.1, -0.05) is 12.1 Å². The van der Waals surface area contributed by atoms with Gasteiger partial charge in [0.15, 0.2) is 5.65 Å². The van der Waals surface area contributed by atoms with E-state index in [0.717, 1.165) is 34.9 Å². The van der Waals surface area contributed by atoms with Gasteiger partial charge in [0.1, 0.15) is 11.4 Å². The van der Waals surface area contributed by atoms with Crippen LogP contribution in [-0.4, -0.2) is 14.4 Å². The van der Waals surface area contributed by atoms with E-state index in [1.807, 2.05) is 0 Å². The Morgan fingerprint density at radius 2 is 1.60 bits per heavy atom. The number of nitrogens with zero attached hydrogens (tertiary/aromatic N) is 3. The maximum absolute atomic E-state index is 13.1. The van der Waals surface area contributed by atoms with Crippen molar-refractivity contribution in [3.63, 3.8) is 0 Å². The van der Waals surface area contributed by atoms with Crippen LogP contribution in [-0.2, 0) is 18.9 Å². The molecule has 0 unspecified atom stereocenters. The summed E-state index contributed by atoms with van der Waals surface area (Å²) in [5, 5.41) is 0. The summed E-state index contributed by atoms with van der Waals surface area (Å²) in [7, 11) is 0. The van der Waals surface area contributed by atoms with Crippen molar-refractivity contribution in [3.05, 3.63) is 53.6 Å². The van der Waals surface area contributed by atoms with Gasteiger partial charge in [-0.25, -0.2) is 9.97 Å². The molecule has 0 saturated heterocycles. The zero-order valence-electron chi connectivity index (χ0n) is 12.4. The predicted octanol–water partition coefficient (Wildman–Crippen LogP) is 3.89. The quantitative estimate of drug-likeness (QED) is 0.706. The van der Waals surface area contributed by atoms with Crippen LogP contribution in [0.5, 0.6) is 0 Å².